The molecule has 0 fully saturated rings. The molecule has 2 aromatic rings. The molecular weight excluding hydrogens is 344 g/mol. The summed E-state index contributed by atoms with van der Waals surface area (Å²) < 4.78 is 11.5. The van der Waals surface area contributed by atoms with Gasteiger partial charge in [0.1, 0.15) is 23.3 Å². The Morgan fingerprint density at radius 1 is 1.40 bits per heavy atom. The number of hydrogen-bond donors (Lipinski definition) is 0. The average Bonchev–Trinajstić information content (AvgIpc) is 2.88. The molecule has 1 aliphatic heterocycles. The lowest BCUT2D eigenvalue weighted by Crippen LogP contribution is -2.10. The van der Waals surface area contributed by atoms with Gasteiger partial charge in [-0.1, -0.05) is 29.8 Å². The highest BCUT2D eigenvalue weighted by Gasteiger charge is 2.28. The number of fused-ring (bicyclic) bond motifs is 1. The highest BCUT2D eigenvalue weighted by Crippen LogP contribution is 2.37. The first-order chi connectivity index (χ1) is 9.70. The van der Waals surface area contributed by atoms with E-state index in [1.54, 1.807) is 7.11 Å². The molecule has 104 valence electrons. The number of rotatable bonds is 3. The maximum Gasteiger partial charge on any atom is 0.147 e. The molecule has 1 aromatic carbocycles. The molecule has 0 radical (unpaired) electrons. The minimum absolute atomic E-state index is 0.00686. The number of aromatic nitrogens is 2. The van der Waals surface area contributed by atoms with E-state index in [9.17, 15) is 0 Å². The minimum atomic E-state index is 0.00686. The molecule has 0 saturated carbocycles. The van der Waals surface area contributed by atoms with E-state index in [0.717, 1.165) is 17.0 Å². The van der Waals surface area contributed by atoms with Gasteiger partial charge in [-0.25, -0.2) is 9.97 Å². The van der Waals surface area contributed by atoms with Gasteiger partial charge in [-0.05, 0) is 22.0 Å². The van der Waals surface area contributed by atoms with Crippen LogP contribution in [0, 0.1) is 0 Å². The van der Waals surface area contributed by atoms with E-state index in [0.29, 0.717) is 28.7 Å². The van der Waals surface area contributed by atoms with Gasteiger partial charge in [0, 0.05) is 12.7 Å². The zero-order valence-electron chi connectivity index (χ0n) is 10.8. The van der Waals surface area contributed by atoms with E-state index < -0.39 is 0 Å². The largest absolute Gasteiger partial charge is 0.492 e. The zero-order chi connectivity index (χ0) is 14.1. The third-order valence-corrected chi connectivity index (χ3v) is 4.52. The molecule has 4 nitrogen and oxygen atoms in total. The van der Waals surface area contributed by atoms with Gasteiger partial charge >= 0.3 is 0 Å². The van der Waals surface area contributed by atoms with Crippen LogP contribution in [0.5, 0.6) is 5.75 Å². The second-order valence-corrected chi connectivity index (χ2v) is 5.62. The number of benzene rings is 1. The topological polar surface area (TPSA) is 44.2 Å². The third kappa shape index (κ3) is 2.41. The maximum absolute atomic E-state index is 6.17. The predicted molar refractivity (Wildman–Crippen MR) is 79.2 cm³/mol. The Labute approximate surface area is 130 Å². The van der Waals surface area contributed by atoms with Crippen molar-refractivity contribution in [2.24, 2.45) is 0 Å². The molecule has 1 aliphatic rings. The minimum Gasteiger partial charge on any atom is -0.492 e. The smallest absolute Gasteiger partial charge is 0.147 e. The van der Waals surface area contributed by atoms with Crippen molar-refractivity contribution >= 4 is 27.5 Å². The standard InChI is InChI=1S/C14H12BrClN2O2/c1-19-7-10-12(15)13(16)18-14(17-10)9-6-20-11-5-3-2-4-8(9)11/h2-5,9H,6-7H2,1H3. The fourth-order valence-electron chi connectivity index (χ4n) is 2.25. The molecule has 0 bridgehead atoms. The number of halogens is 2. The number of methoxy groups -OCH3 is 1. The molecule has 0 N–H and O–H groups in total. The van der Waals surface area contributed by atoms with Gasteiger partial charge in [-0.3, -0.25) is 0 Å². The second-order valence-electron chi connectivity index (χ2n) is 4.47. The second kappa shape index (κ2) is 5.68. The summed E-state index contributed by atoms with van der Waals surface area (Å²) in [7, 11) is 1.62. The molecule has 1 aromatic heterocycles. The summed E-state index contributed by atoms with van der Waals surface area (Å²) in [5.41, 5.74) is 1.83. The number of hydrogen-bond acceptors (Lipinski definition) is 4. The Morgan fingerprint density at radius 2 is 2.20 bits per heavy atom. The Kier molecular flexibility index (Phi) is 3.92. The molecule has 1 atom stereocenters. The fourth-order valence-corrected chi connectivity index (χ4v) is 2.73. The Morgan fingerprint density at radius 3 is 3.00 bits per heavy atom. The van der Waals surface area contributed by atoms with E-state index in [1.165, 1.54) is 0 Å². The zero-order valence-corrected chi connectivity index (χ0v) is 13.1. The maximum atomic E-state index is 6.17. The summed E-state index contributed by atoms with van der Waals surface area (Å²) in [6.07, 6.45) is 0. The fraction of sp³-hybridized carbons (Fsp3) is 0.286. The lowest BCUT2D eigenvalue weighted by Gasteiger charge is -2.11. The van der Waals surface area contributed by atoms with Crippen LogP contribution in [0.25, 0.3) is 0 Å². The monoisotopic (exact) mass is 354 g/mol. The van der Waals surface area contributed by atoms with Crippen molar-refractivity contribution in [1.29, 1.82) is 0 Å². The average molecular weight is 356 g/mol. The van der Waals surface area contributed by atoms with Crippen LogP contribution in [-0.2, 0) is 11.3 Å². The normalized spacial score (nSPS) is 16.9. The first-order valence-electron chi connectivity index (χ1n) is 6.13. The van der Waals surface area contributed by atoms with Gasteiger partial charge in [0.25, 0.3) is 0 Å². The molecular formula is C14H12BrClN2O2. The van der Waals surface area contributed by atoms with Crippen molar-refractivity contribution in [3.63, 3.8) is 0 Å². The first kappa shape index (κ1) is 13.8. The summed E-state index contributed by atoms with van der Waals surface area (Å²) in [4.78, 5) is 8.92. The molecule has 20 heavy (non-hydrogen) atoms. The predicted octanol–water partition coefficient (Wildman–Crippen LogP) is 3.56. The van der Waals surface area contributed by atoms with E-state index in [-0.39, 0.29) is 5.92 Å². The van der Waals surface area contributed by atoms with Crippen LogP contribution >= 0.6 is 27.5 Å². The lowest BCUT2D eigenvalue weighted by molar-refractivity contribution is 0.180. The number of nitrogens with zero attached hydrogens (tertiary/aromatic N) is 2. The van der Waals surface area contributed by atoms with Crippen molar-refractivity contribution in [3.05, 3.63) is 51.0 Å². The van der Waals surface area contributed by atoms with Gasteiger partial charge in [-0.2, -0.15) is 0 Å². The van der Waals surface area contributed by atoms with Crippen LogP contribution in [0.1, 0.15) is 23.0 Å². The first-order valence-corrected chi connectivity index (χ1v) is 7.30. The lowest BCUT2D eigenvalue weighted by atomic mass is 10.0. The SMILES string of the molecule is COCc1nc(C2COc3ccccc32)nc(Cl)c1Br. The van der Waals surface area contributed by atoms with E-state index in [2.05, 4.69) is 25.9 Å². The van der Waals surface area contributed by atoms with Crippen molar-refractivity contribution in [2.75, 3.05) is 13.7 Å². The molecule has 6 heteroatoms. The van der Waals surface area contributed by atoms with E-state index in [4.69, 9.17) is 21.1 Å². The van der Waals surface area contributed by atoms with Crippen LogP contribution in [-0.4, -0.2) is 23.7 Å². The molecule has 0 saturated heterocycles. The highest BCUT2D eigenvalue weighted by atomic mass is 79.9. The van der Waals surface area contributed by atoms with E-state index >= 15 is 0 Å². The van der Waals surface area contributed by atoms with Crippen LogP contribution in [0.15, 0.2) is 28.7 Å². The summed E-state index contributed by atoms with van der Waals surface area (Å²) in [5, 5.41) is 0.395. The summed E-state index contributed by atoms with van der Waals surface area (Å²) >= 11 is 9.55. The van der Waals surface area contributed by atoms with Crippen LogP contribution in [0.4, 0.5) is 0 Å². The molecule has 0 aliphatic carbocycles. The quantitative estimate of drug-likeness (QED) is 0.790. The van der Waals surface area contributed by atoms with Gasteiger partial charge < -0.3 is 9.47 Å². The van der Waals surface area contributed by atoms with Crippen molar-refractivity contribution in [1.82, 2.24) is 9.97 Å². The Balaban J connectivity index is 2.03. The van der Waals surface area contributed by atoms with Crippen LogP contribution in [0.3, 0.4) is 0 Å². The molecule has 3 rings (SSSR count). The van der Waals surface area contributed by atoms with Gasteiger partial charge in [-0.15, -0.1) is 0 Å². The Bertz CT molecular complexity index is 651. The van der Waals surface area contributed by atoms with Gasteiger partial charge in [0.15, 0.2) is 0 Å². The van der Waals surface area contributed by atoms with E-state index in [1.807, 2.05) is 24.3 Å². The molecule has 1 unspecified atom stereocenters. The Hall–Kier alpha value is -1.17. The molecule has 0 spiro atoms. The number of ether oxygens (including phenoxy) is 2. The molecule has 2 heterocycles. The molecule has 0 amide bonds. The van der Waals surface area contributed by atoms with Crippen LogP contribution in [0.2, 0.25) is 5.15 Å². The summed E-state index contributed by atoms with van der Waals surface area (Å²) in [6.45, 7) is 0.911. The highest BCUT2D eigenvalue weighted by molar-refractivity contribution is 9.10. The summed E-state index contributed by atoms with van der Waals surface area (Å²) in [6, 6.07) is 7.91. The van der Waals surface area contributed by atoms with Crippen molar-refractivity contribution < 1.29 is 9.47 Å². The summed E-state index contributed by atoms with van der Waals surface area (Å²) in [5.74, 6) is 1.55. The van der Waals surface area contributed by atoms with Gasteiger partial charge in [0.2, 0.25) is 0 Å². The van der Waals surface area contributed by atoms with Crippen molar-refractivity contribution in [2.45, 2.75) is 12.5 Å². The van der Waals surface area contributed by atoms with Gasteiger partial charge in [0.05, 0.1) is 22.7 Å². The van der Waals surface area contributed by atoms with Crippen LogP contribution < -0.4 is 4.74 Å². The number of para-hydroxylation sites is 1. The third-order valence-electron chi connectivity index (χ3n) is 3.19. The van der Waals surface area contributed by atoms with Crippen molar-refractivity contribution in [3.8, 4) is 5.75 Å².